The van der Waals surface area contributed by atoms with Crippen molar-refractivity contribution in [2.45, 2.75) is 46.1 Å². The molecule has 1 aromatic carbocycles. The number of benzene rings is 1. The zero-order chi connectivity index (χ0) is 14.5. The third-order valence-electron chi connectivity index (χ3n) is 3.75. The van der Waals surface area contributed by atoms with Crippen LogP contribution in [-0.2, 0) is 6.42 Å². The van der Waals surface area contributed by atoms with Gasteiger partial charge >= 0.3 is 0 Å². The van der Waals surface area contributed by atoms with Crippen LogP contribution >= 0.6 is 0 Å². The second kappa shape index (κ2) is 6.76. The lowest BCUT2D eigenvalue weighted by Gasteiger charge is -2.17. The Morgan fingerprint density at radius 2 is 1.80 bits per heavy atom. The van der Waals surface area contributed by atoms with E-state index in [-0.39, 0.29) is 6.04 Å². The van der Waals surface area contributed by atoms with Gasteiger partial charge < -0.3 is 9.73 Å². The summed E-state index contributed by atoms with van der Waals surface area (Å²) in [5, 5.41) is 3.52. The number of furan rings is 1. The SMILES string of the molecule is CCNC(Cc1ccc(C(C)C)cc1)c1occc1C. The minimum Gasteiger partial charge on any atom is -0.467 e. The molecule has 2 heteroatoms. The fraction of sp³-hybridized carbons (Fsp3) is 0.444. The van der Waals surface area contributed by atoms with Crippen molar-refractivity contribution < 1.29 is 4.42 Å². The number of nitrogens with one attached hydrogen (secondary N) is 1. The Morgan fingerprint density at radius 1 is 1.10 bits per heavy atom. The number of rotatable bonds is 6. The zero-order valence-corrected chi connectivity index (χ0v) is 12.9. The van der Waals surface area contributed by atoms with E-state index in [0.717, 1.165) is 18.7 Å². The van der Waals surface area contributed by atoms with Crippen LogP contribution < -0.4 is 5.32 Å². The van der Waals surface area contributed by atoms with Crippen LogP contribution in [0.2, 0.25) is 0 Å². The molecule has 0 saturated carbocycles. The monoisotopic (exact) mass is 271 g/mol. The predicted octanol–water partition coefficient (Wildman–Crippen LogP) is 4.60. The van der Waals surface area contributed by atoms with E-state index in [0.29, 0.717) is 5.92 Å². The Hall–Kier alpha value is -1.54. The van der Waals surface area contributed by atoms with Gasteiger partial charge in [0.2, 0.25) is 0 Å². The number of likely N-dealkylation sites (N-methyl/N-ethyl adjacent to an activating group) is 1. The van der Waals surface area contributed by atoms with Crippen molar-refractivity contribution in [2.24, 2.45) is 0 Å². The van der Waals surface area contributed by atoms with Crippen LogP contribution in [0, 0.1) is 6.92 Å². The first-order valence-corrected chi connectivity index (χ1v) is 7.48. The average Bonchev–Trinajstić information content (AvgIpc) is 2.85. The first kappa shape index (κ1) is 14.9. The largest absolute Gasteiger partial charge is 0.467 e. The van der Waals surface area contributed by atoms with E-state index in [4.69, 9.17) is 4.42 Å². The lowest BCUT2D eigenvalue weighted by atomic mass is 9.97. The van der Waals surface area contributed by atoms with E-state index in [2.05, 4.69) is 57.3 Å². The van der Waals surface area contributed by atoms with Gasteiger partial charge in [-0.2, -0.15) is 0 Å². The van der Waals surface area contributed by atoms with Crippen LogP contribution in [-0.4, -0.2) is 6.54 Å². The molecule has 2 rings (SSSR count). The van der Waals surface area contributed by atoms with Crippen molar-refractivity contribution >= 4 is 0 Å². The summed E-state index contributed by atoms with van der Waals surface area (Å²) in [4.78, 5) is 0. The normalized spacial score (nSPS) is 12.8. The van der Waals surface area contributed by atoms with Gasteiger partial charge in [-0.05, 0) is 48.6 Å². The van der Waals surface area contributed by atoms with Gasteiger partial charge in [-0.25, -0.2) is 0 Å². The summed E-state index contributed by atoms with van der Waals surface area (Å²) >= 11 is 0. The van der Waals surface area contributed by atoms with E-state index >= 15 is 0 Å². The van der Waals surface area contributed by atoms with Gasteiger partial charge in [0.05, 0.1) is 12.3 Å². The number of aryl methyl sites for hydroxylation is 1. The third kappa shape index (κ3) is 3.51. The molecule has 1 aromatic heterocycles. The van der Waals surface area contributed by atoms with Gasteiger partial charge in [0, 0.05) is 0 Å². The summed E-state index contributed by atoms with van der Waals surface area (Å²) in [6.07, 6.45) is 2.73. The lowest BCUT2D eigenvalue weighted by Crippen LogP contribution is -2.23. The quantitative estimate of drug-likeness (QED) is 0.830. The van der Waals surface area contributed by atoms with Crippen LogP contribution in [0.1, 0.15) is 55.2 Å². The number of hydrogen-bond acceptors (Lipinski definition) is 2. The van der Waals surface area contributed by atoms with Crippen molar-refractivity contribution in [3.8, 4) is 0 Å². The molecule has 0 spiro atoms. The first-order valence-electron chi connectivity index (χ1n) is 7.48. The molecule has 0 fully saturated rings. The fourth-order valence-corrected chi connectivity index (χ4v) is 2.52. The average molecular weight is 271 g/mol. The molecule has 2 aromatic rings. The second-order valence-electron chi connectivity index (χ2n) is 5.68. The highest BCUT2D eigenvalue weighted by Crippen LogP contribution is 2.23. The van der Waals surface area contributed by atoms with Crippen LogP contribution in [0.3, 0.4) is 0 Å². The molecule has 0 aliphatic carbocycles. The van der Waals surface area contributed by atoms with Gasteiger partial charge in [0.25, 0.3) is 0 Å². The molecule has 0 radical (unpaired) electrons. The molecular formula is C18H25NO. The molecule has 2 nitrogen and oxygen atoms in total. The fourth-order valence-electron chi connectivity index (χ4n) is 2.52. The Balaban J connectivity index is 2.14. The van der Waals surface area contributed by atoms with Crippen molar-refractivity contribution in [3.63, 3.8) is 0 Å². The first-order chi connectivity index (χ1) is 9.61. The van der Waals surface area contributed by atoms with E-state index in [1.54, 1.807) is 6.26 Å². The smallest absolute Gasteiger partial charge is 0.123 e. The molecule has 0 aliphatic rings. The van der Waals surface area contributed by atoms with Gasteiger partial charge in [-0.3, -0.25) is 0 Å². The molecule has 0 saturated heterocycles. The third-order valence-corrected chi connectivity index (χ3v) is 3.75. The summed E-state index contributed by atoms with van der Waals surface area (Å²) in [6.45, 7) is 9.62. The predicted molar refractivity (Wildman–Crippen MR) is 84.1 cm³/mol. The molecule has 1 unspecified atom stereocenters. The standard InChI is InChI=1S/C18H25NO/c1-5-19-17(18-14(4)10-11-20-18)12-15-6-8-16(9-7-15)13(2)3/h6-11,13,17,19H,5,12H2,1-4H3. The maximum absolute atomic E-state index is 5.65. The summed E-state index contributed by atoms with van der Waals surface area (Å²) in [5.41, 5.74) is 3.95. The van der Waals surface area contributed by atoms with E-state index in [1.165, 1.54) is 16.7 Å². The summed E-state index contributed by atoms with van der Waals surface area (Å²) in [6, 6.07) is 11.2. The Bertz CT molecular complexity index is 525. The van der Waals surface area contributed by atoms with Crippen molar-refractivity contribution in [1.29, 1.82) is 0 Å². The summed E-state index contributed by atoms with van der Waals surface area (Å²) in [7, 11) is 0. The highest BCUT2D eigenvalue weighted by atomic mass is 16.3. The van der Waals surface area contributed by atoms with Gasteiger partial charge in [0.1, 0.15) is 5.76 Å². The zero-order valence-electron chi connectivity index (χ0n) is 12.9. The van der Waals surface area contributed by atoms with Gasteiger partial charge in [-0.15, -0.1) is 0 Å². The molecule has 0 bridgehead atoms. The summed E-state index contributed by atoms with van der Waals surface area (Å²) in [5.74, 6) is 1.64. The molecule has 0 aliphatic heterocycles. The van der Waals surface area contributed by atoms with Gasteiger partial charge in [-0.1, -0.05) is 45.0 Å². The Morgan fingerprint density at radius 3 is 2.30 bits per heavy atom. The highest BCUT2D eigenvalue weighted by Gasteiger charge is 2.16. The van der Waals surface area contributed by atoms with Crippen LogP contribution in [0.25, 0.3) is 0 Å². The maximum atomic E-state index is 5.65. The second-order valence-corrected chi connectivity index (χ2v) is 5.68. The van der Waals surface area contributed by atoms with Crippen LogP contribution in [0.15, 0.2) is 41.0 Å². The summed E-state index contributed by atoms with van der Waals surface area (Å²) < 4.78 is 5.65. The Labute approximate surface area is 122 Å². The molecule has 108 valence electrons. The van der Waals surface area contributed by atoms with E-state index < -0.39 is 0 Å². The highest BCUT2D eigenvalue weighted by molar-refractivity contribution is 5.27. The van der Waals surface area contributed by atoms with Crippen molar-refractivity contribution in [2.75, 3.05) is 6.54 Å². The molecule has 1 atom stereocenters. The van der Waals surface area contributed by atoms with Crippen molar-refractivity contribution in [1.82, 2.24) is 5.32 Å². The maximum Gasteiger partial charge on any atom is 0.123 e. The number of hydrogen-bond donors (Lipinski definition) is 1. The van der Waals surface area contributed by atoms with Gasteiger partial charge in [0.15, 0.2) is 0 Å². The van der Waals surface area contributed by atoms with E-state index in [9.17, 15) is 0 Å². The molecule has 1 N–H and O–H groups in total. The van der Waals surface area contributed by atoms with E-state index in [1.807, 2.05) is 6.07 Å². The van der Waals surface area contributed by atoms with Crippen molar-refractivity contribution in [3.05, 3.63) is 59.0 Å². The lowest BCUT2D eigenvalue weighted by molar-refractivity contribution is 0.413. The molecular weight excluding hydrogens is 246 g/mol. The van der Waals surface area contributed by atoms with Crippen LogP contribution in [0.5, 0.6) is 0 Å². The topological polar surface area (TPSA) is 25.2 Å². The molecule has 1 heterocycles. The molecule has 20 heavy (non-hydrogen) atoms. The molecule has 0 amide bonds. The minimum atomic E-state index is 0.250. The minimum absolute atomic E-state index is 0.250. The van der Waals surface area contributed by atoms with Crippen LogP contribution in [0.4, 0.5) is 0 Å². The Kier molecular flexibility index (Phi) is 5.02.